The van der Waals surface area contributed by atoms with Gasteiger partial charge in [0.05, 0.1) is 13.2 Å². The first-order valence-electron chi connectivity index (χ1n) is 6.34. The molecule has 1 fully saturated rings. The molecule has 1 radical (unpaired) electrons. The summed E-state index contributed by atoms with van der Waals surface area (Å²) >= 11 is 0. The van der Waals surface area contributed by atoms with Gasteiger partial charge < -0.3 is 14.8 Å². The monoisotopic (exact) mass is 234 g/mol. The topological polar surface area (TPSA) is 30.5 Å². The van der Waals surface area contributed by atoms with Crippen LogP contribution < -0.4 is 14.8 Å². The highest BCUT2D eigenvalue weighted by Gasteiger charge is 2.14. The van der Waals surface area contributed by atoms with Crippen LogP contribution in [0.4, 0.5) is 0 Å². The van der Waals surface area contributed by atoms with E-state index in [1.807, 2.05) is 30.8 Å². The van der Waals surface area contributed by atoms with Crippen molar-refractivity contribution in [3.05, 3.63) is 30.8 Å². The van der Waals surface area contributed by atoms with Gasteiger partial charge in [0, 0.05) is 0 Å². The predicted octanol–water partition coefficient (Wildman–Crippen LogP) is 2.77. The van der Waals surface area contributed by atoms with Crippen LogP contribution in [0.15, 0.2) is 24.3 Å². The Morgan fingerprint density at radius 1 is 1.24 bits per heavy atom. The summed E-state index contributed by atoms with van der Waals surface area (Å²) in [6, 6.07) is 7.85. The Morgan fingerprint density at radius 2 is 2.00 bits per heavy atom. The lowest BCUT2D eigenvalue weighted by molar-refractivity contribution is 0.195. The van der Waals surface area contributed by atoms with E-state index in [9.17, 15) is 0 Å². The van der Waals surface area contributed by atoms with E-state index in [-0.39, 0.29) is 6.10 Å². The van der Waals surface area contributed by atoms with Gasteiger partial charge in [0.2, 0.25) is 0 Å². The molecule has 1 aliphatic heterocycles. The van der Waals surface area contributed by atoms with Crippen LogP contribution in [0.2, 0.25) is 0 Å². The molecule has 3 nitrogen and oxygen atoms in total. The molecule has 2 rings (SSSR count). The molecular weight excluding hydrogens is 214 g/mol. The Bertz CT molecular complexity index is 317. The third kappa shape index (κ3) is 3.93. The Kier molecular flexibility index (Phi) is 4.68. The number of nitrogens with one attached hydrogen (secondary N) is 1. The highest BCUT2D eigenvalue weighted by atomic mass is 16.5. The van der Waals surface area contributed by atoms with Crippen molar-refractivity contribution in [2.45, 2.75) is 32.3 Å². The molecule has 1 unspecified atom stereocenters. The van der Waals surface area contributed by atoms with Gasteiger partial charge in [-0.25, -0.2) is 0 Å². The Morgan fingerprint density at radius 3 is 2.65 bits per heavy atom. The number of ether oxygens (including phenoxy) is 2. The van der Waals surface area contributed by atoms with Gasteiger partial charge >= 0.3 is 0 Å². The molecule has 17 heavy (non-hydrogen) atoms. The van der Waals surface area contributed by atoms with Crippen molar-refractivity contribution in [1.82, 2.24) is 5.32 Å². The largest absolute Gasteiger partial charge is 0.494 e. The minimum atomic E-state index is 0.186. The van der Waals surface area contributed by atoms with Crippen molar-refractivity contribution in [3.8, 4) is 11.5 Å². The lowest BCUT2D eigenvalue weighted by Gasteiger charge is -2.23. The molecule has 0 spiro atoms. The zero-order valence-electron chi connectivity index (χ0n) is 10.3. The van der Waals surface area contributed by atoms with Crippen LogP contribution >= 0.6 is 0 Å². The van der Waals surface area contributed by atoms with Crippen LogP contribution in [0.25, 0.3) is 0 Å². The average Bonchev–Trinajstić information content (AvgIpc) is 2.39. The summed E-state index contributed by atoms with van der Waals surface area (Å²) in [5, 5.41) is 3.22. The summed E-state index contributed by atoms with van der Waals surface area (Å²) in [4.78, 5) is 0. The highest BCUT2D eigenvalue weighted by molar-refractivity contribution is 5.31. The fraction of sp³-hybridized carbons (Fsp3) is 0.500. The summed E-state index contributed by atoms with van der Waals surface area (Å²) in [6.45, 7) is 5.96. The first-order valence-corrected chi connectivity index (χ1v) is 6.34. The van der Waals surface area contributed by atoms with Crippen LogP contribution in [0.5, 0.6) is 11.5 Å². The van der Waals surface area contributed by atoms with Crippen molar-refractivity contribution < 1.29 is 9.47 Å². The van der Waals surface area contributed by atoms with Gasteiger partial charge in [-0.3, -0.25) is 0 Å². The average molecular weight is 234 g/mol. The van der Waals surface area contributed by atoms with Gasteiger partial charge in [0.1, 0.15) is 17.6 Å². The van der Waals surface area contributed by atoms with Crippen molar-refractivity contribution in [2.24, 2.45) is 0 Å². The minimum Gasteiger partial charge on any atom is -0.494 e. The molecule has 0 aliphatic carbocycles. The fourth-order valence-corrected chi connectivity index (χ4v) is 1.81. The SMILES string of the molecule is CCCOc1ccc(OC2[CH]NCCC2)cc1. The van der Waals surface area contributed by atoms with Crippen molar-refractivity contribution in [3.63, 3.8) is 0 Å². The molecule has 0 bridgehead atoms. The minimum absolute atomic E-state index is 0.186. The van der Waals surface area contributed by atoms with Crippen LogP contribution in [-0.4, -0.2) is 19.3 Å². The summed E-state index contributed by atoms with van der Waals surface area (Å²) in [7, 11) is 0. The first-order chi connectivity index (χ1) is 8.38. The Labute approximate surface area is 103 Å². The normalized spacial score (nSPS) is 19.9. The van der Waals surface area contributed by atoms with Gasteiger partial charge in [-0.1, -0.05) is 6.92 Å². The number of hydrogen-bond donors (Lipinski definition) is 1. The van der Waals surface area contributed by atoms with Gasteiger partial charge in [-0.15, -0.1) is 0 Å². The molecule has 0 aromatic heterocycles. The number of rotatable bonds is 5. The van der Waals surface area contributed by atoms with E-state index in [1.165, 1.54) is 6.42 Å². The van der Waals surface area contributed by atoms with E-state index in [0.717, 1.165) is 37.5 Å². The molecule has 1 atom stereocenters. The Hall–Kier alpha value is -1.22. The number of piperidine rings is 1. The molecule has 0 saturated carbocycles. The summed E-state index contributed by atoms with van der Waals surface area (Å²) < 4.78 is 11.4. The van der Waals surface area contributed by atoms with Crippen molar-refractivity contribution >= 4 is 0 Å². The van der Waals surface area contributed by atoms with Gasteiger partial charge in [0.25, 0.3) is 0 Å². The summed E-state index contributed by atoms with van der Waals surface area (Å²) in [5.41, 5.74) is 0. The van der Waals surface area contributed by atoms with Crippen LogP contribution in [0, 0.1) is 6.54 Å². The molecule has 93 valence electrons. The second kappa shape index (κ2) is 6.50. The second-order valence-corrected chi connectivity index (χ2v) is 4.24. The lowest BCUT2D eigenvalue weighted by atomic mass is 10.1. The smallest absolute Gasteiger partial charge is 0.120 e. The van der Waals surface area contributed by atoms with E-state index in [1.54, 1.807) is 0 Å². The zero-order valence-corrected chi connectivity index (χ0v) is 10.3. The molecular formula is C14H20NO2. The predicted molar refractivity (Wildman–Crippen MR) is 68.2 cm³/mol. The maximum absolute atomic E-state index is 5.84. The summed E-state index contributed by atoms with van der Waals surface area (Å²) in [6.07, 6.45) is 3.46. The highest BCUT2D eigenvalue weighted by Crippen LogP contribution is 2.21. The number of hydrogen-bond acceptors (Lipinski definition) is 3. The van der Waals surface area contributed by atoms with E-state index >= 15 is 0 Å². The molecule has 1 heterocycles. The van der Waals surface area contributed by atoms with E-state index in [4.69, 9.17) is 9.47 Å². The molecule has 1 aliphatic rings. The maximum atomic E-state index is 5.84. The molecule has 0 amide bonds. The summed E-state index contributed by atoms with van der Waals surface area (Å²) in [5.74, 6) is 1.81. The van der Waals surface area contributed by atoms with Crippen molar-refractivity contribution in [2.75, 3.05) is 13.2 Å². The van der Waals surface area contributed by atoms with Crippen LogP contribution in [-0.2, 0) is 0 Å². The van der Waals surface area contributed by atoms with Gasteiger partial charge in [0.15, 0.2) is 0 Å². The van der Waals surface area contributed by atoms with E-state index in [2.05, 4.69) is 12.2 Å². The van der Waals surface area contributed by atoms with Crippen LogP contribution in [0.3, 0.4) is 0 Å². The quantitative estimate of drug-likeness (QED) is 0.849. The van der Waals surface area contributed by atoms with Gasteiger partial charge in [-0.05, 0) is 50.1 Å². The molecule has 3 heteroatoms. The Balaban J connectivity index is 1.84. The van der Waals surface area contributed by atoms with Gasteiger partial charge in [-0.2, -0.15) is 0 Å². The zero-order chi connectivity index (χ0) is 11.9. The number of benzene rings is 1. The maximum Gasteiger partial charge on any atom is 0.120 e. The molecule has 1 N–H and O–H groups in total. The third-order valence-corrected chi connectivity index (χ3v) is 2.70. The second-order valence-electron chi connectivity index (χ2n) is 4.24. The van der Waals surface area contributed by atoms with Crippen LogP contribution in [0.1, 0.15) is 26.2 Å². The lowest BCUT2D eigenvalue weighted by Crippen LogP contribution is -2.32. The first kappa shape index (κ1) is 12.2. The molecule has 1 saturated heterocycles. The van der Waals surface area contributed by atoms with E-state index < -0.39 is 0 Å². The molecule has 1 aromatic carbocycles. The molecule has 1 aromatic rings. The standard InChI is InChI=1S/C14H20NO2/c1-2-10-16-12-5-7-13(8-6-12)17-14-4-3-9-15-11-14/h5-8,11,14-15H,2-4,9-10H2,1H3. The fourth-order valence-electron chi connectivity index (χ4n) is 1.81. The van der Waals surface area contributed by atoms with Crippen molar-refractivity contribution in [1.29, 1.82) is 0 Å². The van der Waals surface area contributed by atoms with E-state index in [0.29, 0.717) is 0 Å². The third-order valence-electron chi connectivity index (χ3n) is 2.70.